The average Bonchev–Trinajstić information content (AvgIpc) is 3.95. The lowest BCUT2D eigenvalue weighted by molar-refractivity contribution is 0.660. The van der Waals surface area contributed by atoms with Crippen molar-refractivity contribution in [3.63, 3.8) is 0 Å². The van der Waals surface area contributed by atoms with Crippen LogP contribution in [-0.2, 0) is 17.3 Å². The van der Waals surface area contributed by atoms with Crippen LogP contribution in [0.5, 0.6) is 0 Å². The molecule has 1 atom stereocenters. The predicted molar refractivity (Wildman–Crippen MR) is 274 cm³/mol. The van der Waals surface area contributed by atoms with E-state index in [1.54, 1.807) is 0 Å². The predicted octanol–water partition coefficient (Wildman–Crippen LogP) is 16.7. The van der Waals surface area contributed by atoms with Crippen LogP contribution in [0, 0.1) is 0 Å². The summed E-state index contributed by atoms with van der Waals surface area (Å²) in [5, 5.41) is 0. The minimum absolute atomic E-state index is 0.147. The Morgan fingerprint density at radius 1 is 0.303 bits per heavy atom. The molecule has 1 nitrogen and oxygen atoms in total. The third-order valence-corrected chi connectivity index (χ3v) is 15.5. The Kier molecular flexibility index (Phi) is 7.79. The van der Waals surface area contributed by atoms with Crippen molar-refractivity contribution in [3.05, 3.63) is 269 Å². The molecule has 10 aromatic carbocycles. The standard InChI is InChI=1S/C65H45N/c1-64(2)56-25-13-10-23-52(56)54-36-34-46(39-60(54)64)66(45-31-28-42(29-32-45)41-16-4-3-5-17-41)47-33-35-53-50-21-9-8-20-49(50)51-22-11-14-26-57(51)65(61(53)40-47)58-27-15-12-24-55(58)63-59(65)37-30-44-38-43-18-6-7-19-48(43)62(44)63/h3-37,39-40H,38H2,1-2H3. The van der Waals surface area contributed by atoms with E-state index in [2.05, 4.69) is 243 Å². The van der Waals surface area contributed by atoms with E-state index in [0.717, 1.165) is 23.5 Å². The van der Waals surface area contributed by atoms with Crippen LogP contribution >= 0.6 is 0 Å². The van der Waals surface area contributed by atoms with Gasteiger partial charge in [-0.05, 0) is 154 Å². The van der Waals surface area contributed by atoms with Crippen molar-refractivity contribution in [2.24, 2.45) is 0 Å². The van der Waals surface area contributed by atoms with Gasteiger partial charge >= 0.3 is 0 Å². The van der Waals surface area contributed by atoms with Gasteiger partial charge in [-0.2, -0.15) is 0 Å². The van der Waals surface area contributed by atoms with Crippen LogP contribution in [-0.4, -0.2) is 0 Å². The second kappa shape index (κ2) is 13.8. The number of fused-ring (bicyclic) bond motifs is 19. The Balaban J connectivity index is 1.07. The zero-order chi connectivity index (χ0) is 43.7. The van der Waals surface area contributed by atoms with E-state index in [-0.39, 0.29) is 5.41 Å². The Labute approximate surface area is 387 Å². The second-order valence-electron chi connectivity index (χ2n) is 19.1. The second-order valence-corrected chi connectivity index (χ2v) is 19.1. The first kappa shape index (κ1) is 37.4. The maximum atomic E-state index is 2.56. The maximum absolute atomic E-state index is 2.56. The van der Waals surface area contributed by atoms with Gasteiger partial charge in [0.1, 0.15) is 0 Å². The molecule has 4 aliphatic rings. The van der Waals surface area contributed by atoms with Crippen LogP contribution in [0.1, 0.15) is 58.4 Å². The smallest absolute Gasteiger partial charge is 0.0726 e. The number of hydrogen-bond donors (Lipinski definition) is 0. The summed E-state index contributed by atoms with van der Waals surface area (Å²) in [6, 6.07) is 85.0. The summed E-state index contributed by atoms with van der Waals surface area (Å²) < 4.78 is 0. The van der Waals surface area contributed by atoms with Crippen LogP contribution in [0.4, 0.5) is 17.1 Å². The molecule has 0 aliphatic heterocycles. The molecule has 66 heavy (non-hydrogen) atoms. The minimum Gasteiger partial charge on any atom is -0.310 e. The van der Waals surface area contributed by atoms with Gasteiger partial charge in [-0.15, -0.1) is 0 Å². The van der Waals surface area contributed by atoms with E-state index in [0.29, 0.717) is 0 Å². The molecular weight excluding hydrogens is 795 g/mol. The van der Waals surface area contributed by atoms with E-state index in [1.165, 1.54) is 111 Å². The summed E-state index contributed by atoms with van der Waals surface area (Å²) in [6.45, 7) is 4.76. The first-order chi connectivity index (χ1) is 32.5. The Morgan fingerprint density at radius 3 is 1.48 bits per heavy atom. The van der Waals surface area contributed by atoms with Crippen molar-refractivity contribution < 1.29 is 0 Å². The Bertz CT molecular complexity index is 3650. The average molecular weight is 840 g/mol. The zero-order valence-electron chi connectivity index (χ0n) is 37.0. The highest BCUT2D eigenvalue weighted by Crippen LogP contribution is 2.64. The molecule has 1 spiro atoms. The fourth-order valence-corrected chi connectivity index (χ4v) is 12.6. The maximum Gasteiger partial charge on any atom is 0.0726 e. The molecule has 0 amide bonds. The van der Waals surface area contributed by atoms with E-state index < -0.39 is 5.41 Å². The van der Waals surface area contributed by atoms with E-state index in [1.807, 2.05) is 0 Å². The normalized spacial score (nSPS) is 15.8. The van der Waals surface area contributed by atoms with E-state index in [9.17, 15) is 0 Å². The topological polar surface area (TPSA) is 3.24 Å². The molecule has 0 radical (unpaired) electrons. The summed E-state index contributed by atoms with van der Waals surface area (Å²) in [7, 11) is 0. The highest BCUT2D eigenvalue weighted by Gasteiger charge is 2.51. The molecule has 1 heteroatoms. The SMILES string of the molecule is CC1(C)c2ccccc2-c2ccc(N(c3ccc(-c4ccccc4)cc3)c3ccc4c(c3)C3(c5ccccc5-c5ccccc5-4)c4ccccc4-c4c3ccc3c4-c4ccccc4C3)cc21. The third kappa shape index (κ3) is 5.00. The Morgan fingerprint density at radius 2 is 0.788 bits per heavy atom. The van der Waals surface area contributed by atoms with Crippen LogP contribution in [0.2, 0.25) is 0 Å². The van der Waals surface area contributed by atoms with Crippen molar-refractivity contribution in [2.45, 2.75) is 31.1 Å². The first-order valence-electron chi connectivity index (χ1n) is 23.4. The van der Waals surface area contributed by atoms with Gasteiger partial charge in [-0.1, -0.05) is 202 Å². The van der Waals surface area contributed by atoms with Gasteiger partial charge in [0, 0.05) is 22.5 Å². The molecular formula is C65H45N. The summed E-state index contributed by atoms with van der Waals surface area (Å²) in [5.41, 5.74) is 29.1. The van der Waals surface area contributed by atoms with E-state index >= 15 is 0 Å². The van der Waals surface area contributed by atoms with Crippen LogP contribution in [0.15, 0.2) is 224 Å². The molecule has 310 valence electrons. The number of nitrogens with zero attached hydrogens (tertiary/aromatic N) is 1. The molecule has 0 bridgehead atoms. The first-order valence-corrected chi connectivity index (χ1v) is 23.4. The summed E-state index contributed by atoms with van der Waals surface area (Å²) in [6.07, 6.45) is 0.956. The van der Waals surface area contributed by atoms with Crippen LogP contribution < -0.4 is 4.90 Å². The molecule has 0 saturated carbocycles. The van der Waals surface area contributed by atoms with Crippen molar-refractivity contribution in [2.75, 3.05) is 4.90 Å². The fraction of sp³-hybridized carbons (Fsp3) is 0.0769. The molecule has 0 heterocycles. The van der Waals surface area contributed by atoms with Gasteiger partial charge in [0.25, 0.3) is 0 Å². The number of anilines is 3. The Hall–Kier alpha value is -8.00. The monoisotopic (exact) mass is 839 g/mol. The highest BCUT2D eigenvalue weighted by molar-refractivity contribution is 6.03. The van der Waals surface area contributed by atoms with Gasteiger partial charge in [0.05, 0.1) is 5.41 Å². The molecule has 4 aliphatic carbocycles. The molecule has 1 unspecified atom stereocenters. The molecule has 0 saturated heterocycles. The lowest BCUT2D eigenvalue weighted by Crippen LogP contribution is -2.29. The van der Waals surface area contributed by atoms with Crippen molar-refractivity contribution in [1.29, 1.82) is 0 Å². The minimum atomic E-state index is -0.621. The largest absolute Gasteiger partial charge is 0.310 e. The lowest BCUT2D eigenvalue weighted by atomic mass is 9.65. The number of rotatable bonds is 4. The fourth-order valence-electron chi connectivity index (χ4n) is 12.6. The van der Waals surface area contributed by atoms with E-state index in [4.69, 9.17) is 0 Å². The highest BCUT2D eigenvalue weighted by atomic mass is 15.1. The van der Waals surface area contributed by atoms with Crippen LogP contribution in [0.3, 0.4) is 0 Å². The lowest BCUT2D eigenvalue weighted by Gasteiger charge is -2.37. The molecule has 10 aromatic rings. The summed E-state index contributed by atoms with van der Waals surface area (Å²) in [4.78, 5) is 2.51. The summed E-state index contributed by atoms with van der Waals surface area (Å²) >= 11 is 0. The zero-order valence-corrected chi connectivity index (χ0v) is 37.0. The summed E-state index contributed by atoms with van der Waals surface area (Å²) in [5.74, 6) is 0. The molecule has 0 fully saturated rings. The van der Waals surface area contributed by atoms with Gasteiger partial charge in [-0.3, -0.25) is 0 Å². The van der Waals surface area contributed by atoms with Crippen molar-refractivity contribution in [3.8, 4) is 66.8 Å². The van der Waals surface area contributed by atoms with Crippen molar-refractivity contribution in [1.82, 2.24) is 0 Å². The van der Waals surface area contributed by atoms with Crippen molar-refractivity contribution >= 4 is 17.1 Å². The quantitative estimate of drug-likeness (QED) is 0.171. The van der Waals surface area contributed by atoms with Gasteiger partial charge < -0.3 is 4.90 Å². The number of hydrogen-bond acceptors (Lipinski definition) is 1. The molecule has 0 aromatic heterocycles. The number of benzene rings is 10. The third-order valence-electron chi connectivity index (χ3n) is 15.5. The van der Waals surface area contributed by atoms with Gasteiger partial charge in [0.15, 0.2) is 0 Å². The van der Waals surface area contributed by atoms with Crippen LogP contribution in [0.25, 0.3) is 66.8 Å². The van der Waals surface area contributed by atoms with Gasteiger partial charge in [0.2, 0.25) is 0 Å². The van der Waals surface area contributed by atoms with Gasteiger partial charge in [-0.25, -0.2) is 0 Å². The molecule has 14 rings (SSSR count). The molecule has 0 N–H and O–H groups in total.